The normalized spacial score (nSPS) is 15.0. The van der Waals surface area contributed by atoms with Crippen LogP contribution in [0.4, 0.5) is 10.5 Å². The molecule has 1 fully saturated rings. The molecule has 1 aromatic heterocycles. The van der Waals surface area contributed by atoms with Gasteiger partial charge < -0.3 is 5.32 Å². The van der Waals surface area contributed by atoms with E-state index in [9.17, 15) is 24.5 Å². The minimum Gasteiger partial charge on any atom is -0.353 e. The van der Waals surface area contributed by atoms with Crippen molar-refractivity contribution in [3.8, 4) is 0 Å². The van der Waals surface area contributed by atoms with Crippen molar-refractivity contribution in [2.45, 2.75) is 20.4 Å². The maximum Gasteiger partial charge on any atom is 0.312 e. The van der Waals surface area contributed by atoms with Crippen LogP contribution >= 0.6 is 35.0 Å². The van der Waals surface area contributed by atoms with Gasteiger partial charge in [-0.25, -0.2) is 0 Å². The van der Waals surface area contributed by atoms with E-state index in [1.807, 2.05) is 0 Å². The third kappa shape index (κ3) is 4.95. The minimum atomic E-state index is -0.546. The van der Waals surface area contributed by atoms with Gasteiger partial charge >= 0.3 is 5.69 Å². The SMILES string of the molecule is Cc1nn(CC(=O)NCCN2C(=O)S/C(=C\c3cccc(Cl)c3Cl)C2=O)c(C)c1[N+](=O)[O-]. The Morgan fingerprint density at radius 1 is 1.31 bits per heavy atom. The standard InChI is InChI=1S/C19H17Cl2N5O5S/c1-10-17(26(30)31)11(2)25(23-10)9-15(27)22-6-7-24-18(28)14(32-19(24)29)8-12-4-3-5-13(20)16(12)21/h3-5,8H,6-7,9H2,1-2H3,(H,22,27)/b14-8-. The fourth-order valence-corrected chi connectivity index (χ4v) is 4.29. The van der Waals surface area contributed by atoms with Crippen LogP contribution in [0.1, 0.15) is 17.0 Å². The summed E-state index contributed by atoms with van der Waals surface area (Å²) in [6.45, 7) is 2.75. The van der Waals surface area contributed by atoms with Crippen LogP contribution in [0.3, 0.4) is 0 Å². The number of rotatable bonds is 7. The number of nitrogens with zero attached hydrogens (tertiary/aromatic N) is 4. The van der Waals surface area contributed by atoms with Crippen LogP contribution in [-0.4, -0.2) is 49.7 Å². The van der Waals surface area contributed by atoms with Gasteiger partial charge in [0.1, 0.15) is 17.9 Å². The van der Waals surface area contributed by atoms with Crippen molar-refractivity contribution < 1.29 is 19.3 Å². The van der Waals surface area contributed by atoms with Crippen molar-refractivity contribution in [2.75, 3.05) is 13.1 Å². The molecule has 1 aliphatic heterocycles. The monoisotopic (exact) mass is 497 g/mol. The summed E-state index contributed by atoms with van der Waals surface area (Å²) in [6, 6.07) is 4.96. The van der Waals surface area contributed by atoms with Crippen LogP contribution in [0.25, 0.3) is 6.08 Å². The van der Waals surface area contributed by atoms with E-state index in [1.165, 1.54) is 24.6 Å². The van der Waals surface area contributed by atoms with E-state index in [1.54, 1.807) is 18.2 Å². The van der Waals surface area contributed by atoms with Gasteiger partial charge in [-0.05, 0) is 43.3 Å². The highest BCUT2D eigenvalue weighted by Gasteiger charge is 2.35. The Kier molecular flexibility index (Phi) is 7.22. The molecule has 0 unspecified atom stereocenters. The van der Waals surface area contributed by atoms with Crippen molar-refractivity contribution in [3.63, 3.8) is 0 Å². The number of nitrogens with one attached hydrogen (secondary N) is 1. The van der Waals surface area contributed by atoms with Gasteiger partial charge in [0, 0.05) is 13.1 Å². The van der Waals surface area contributed by atoms with Gasteiger partial charge in [-0.2, -0.15) is 5.10 Å². The second-order valence-electron chi connectivity index (χ2n) is 6.76. The van der Waals surface area contributed by atoms with Crippen LogP contribution in [0.15, 0.2) is 23.1 Å². The maximum absolute atomic E-state index is 12.6. The van der Waals surface area contributed by atoms with E-state index < -0.39 is 22.0 Å². The molecule has 0 saturated carbocycles. The fourth-order valence-electron chi connectivity index (χ4n) is 3.07. The van der Waals surface area contributed by atoms with Gasteiger partial charge in [0.15, 0.2) is 0 Å². The largest absolute Gasteiger partial charge is 0.353 e. The number of carbonyl (C=O) groups is 3. The van der Waals surface area contributed by atoms with E-state index in [0.717, 1.165) is 16.7 Å². The van der Waals surface area contributed by atoms with Gasteiger partial charge in [0.2, 0.25) is 5.91 Å². The Hall–Kier alpha value is -2.89. The van der Waals surface area contributed by atoms with Crippen LogP contribution in [0, 0.1) is 24.0 Å². The molecule has 3 amide bonds. The first kappa shape index (κ1) is 23.8. The summed E-state index contributed by atoms with van der Waals surface area (Å²) in [4.78, 5) is 48.7. The average Bonchev–Trinajstić information content (AvgIpc) is 3.14. The number of carbonyl (C=O) groups excluding carboxylic acids is 3. The molecular weight excluding hydrogens is 481 g/mol. The molecule has 0 spiro atoms. The Morgan fingerprint density at radius 3 is 2.69 bits per heavy atom. The van der Waals surface area contributed by atoms with Crippen molar-refractivity contribution >= 4 is 63.8 Å². The molecule has 0 aliphatic carbocycles. The van der Waals surface area contributed by atoms with E-state index in [4.69, 9.17) is 23.2 Å². The third-order valence-electron chi connectivity index (χ3n) is 4.62. The summed E-state index contributed by atoms with van der Waals surface area (Å²) in [5.74, 6) is -0.960. The molecule has 1 aromatic carbocycles. The van der Waals surface area contributed by atoms with E-state index in [0.29, 0.717) is 10.6 Å². The second kappa shape index (κ2) is 9.72. The van der Waals surface area contributed by atoms with Crippen molar-refractivity contribution in [1.82, 2.24) is 20.0 Å². The number of hydrogen-bond acceptors (Lipinski definition) is 7. The Labute approximate surface area is 196 Å². The molecule has 2 aromatic rings. The molecule has 1 saturated heterocycles. The summed E-state index contributed by atoms with van der Waals surface area (Å²) < 4.78 is 1.24. The molecule has 0 bridgehead atoms. The zero-order valence-electron chi connectivity index (χ0n) is 16.9. The quantitative estimate of drug-likeness (QED) is 0.351. The van der Waals surface area contributed by atoms with Gasteiger partial charge in [-0.15, -0.1) is 0 Å². The lowest BCUT2D eigenvalue weighted by atomic mass is 10.2. The summed E-state index contributed by atoms with van der Waals surface area (Å²) in [5.41, 5.74) is 0.849. The topological polar surface area (TPSA) is 127 Å². The Balaban J connectivity index is 1.59. The lowest BCUT2D eigenvalue weighted by Gasteiger charge is -2.13. The molecule has 0 radical (unpaired) electrons. The number of hydrogen-bond donors (Lipinski definition) is 1. The molecular formula is C19H17Cl2N5O5S. The van der Waals surface area contributed by atoms with Crippen LogP contribution < -0.4 is 5.32 Å². The molecule has 32 heavy (non-hydrogen) atoms. The second-order valence-corrected chi connectivity index (χ2v) is 8.54. The first-order chi connectivity index (χ1) is 15.1. The van der Waals surface area contributed by atoms with Gasteiger partial charge in [-0.1, -0.05) is 35.3 Å². The predicted octanol–water partition coefficient (Wildman–Crippen LogP) is 3.57. The zero-order chi connectivity index (χ0) is 23.6. The molecule has 1 N–H and O–H groups in total. The smallest absolute Gasteiger partial charge is 0.312 e. The average molecular weight is 498 g/mol. The summed E-state index contributed by atoms with van der Waals surface area (Å²) in [7, 11) is 0. The number of aromatic nitrogens is 2. The van der Waals surface area contributed by atoms with Crippen LogP contribution in [0.2, 0.25) is 10.0 Å². The molecule has 10 nitrogen and oxygen atoms in total. The molecule has 3 rings (SSSR count). The summed E-state index contributed by atoms with van der Waals surface area (Å²) in [5, 5.41) is 17.8. The molecule has 168 valence electrons. The van der Waals surface area contributed by atoms with Crippen LogP contribution in [-0.2, 0) is 16.1 Å². The molecule has 13 heteroatoms. The summed E-state index contributed by atoms with van der Waals surface area (Å²) in [6.07, 6.45) is 1.49. The third-order valence-corrected chi connectivity index (χ3v) is 6.36. The molecule has 0 atom stereocenters. The maximum atomic E-state index is 12.6. The number of imide groups is 1. The first-order valence-corrected chi connectivity index (χ1v) is 10.8. The van der Waals surface area contributed by atoms with E-state index >= 15 is 0 Å². The molecule has 2 heterocycles. The Morgan fingerprint density at radius 2 is 2.03 bits per heavy atom. The lowest BCUT2D eigenvalue weighted by Crippen LogP contribution is -2.38. The van der Waals surface area contributed by atoms with Crippen molar-refractivity contribution in [1.29, 1.82) is 0 Å². The number of nitro groups is 1. The van der Waals surface area contributed by atoms with Gasteiger partial charge in [-0.3, -0.25) is 34.1 Å². The van der Waals surface area contributed by atoms with E-state index in [-0.39, 0.29) is 46.6 Å². The zero-order valence-corrected chi connectivity index (χ0v) is 19.3. The fraction of sp³-hybridized carbons (Fsp3) is 0.263. The molecule has 1 aliphatic rings. The van der Waals surface area contributed by atoms with Crippen molar-refractivity contribution in [3.05, 3.63) is 60.2 Å². The van der Waals surface area contributed by atoms with E-state index in [2.05, 4.69) is 10.4 Å². The number of thioether (sulfide) groups is 1. The lowest BCUT2D eigenvalue weighted by molar-refractivity contribution is -0.386. The van der Waals surface area contributed by atoms with Gasteiger partial charge in [0.05, 0.1) is 19.9 Å². The predicted molar refractivity (Wildman–Crippen MR) is 121 cm³/mol. The minimum absolute atomic E-state index is 0.0173. The van der Waals surface area contributed by atoms with Crippen LogP contribution in [0.5, 0.6) is 0 Å². The first-order valence-electron chi connectivity index (χ1n) is 9.24. The highest BCUT2D eigenvalue weighted by atomic mass is 35.5. The highest BCUT2D eigenvalue weighted by molar-refractivity contribution is 8.18. The van der Waals surface area contributed by atoms with Crippen molar-refractivity contribution in [2.24, 2.45) is 0 Å². The Bertz CT molecular complexity index is 1160. The number of amides is 3. The number of aryl methyl sites for hydroxylation is 1. The van der Waals surface area contributed by atoms with Gasteiger partial charge in [0.25, 0.3) is 11.1 Å². The number of benzene rings is 1. The highest BCUT2D eigenvalue weighted by Crippen LogP contribution is 2.34. The summed E-state index contributed by atoms with van der Waals surface area (Å²) >= 11 is 12.9. The number of halogens is 2.